The minimum absolute atomic E-state index is 0.0411. The third-order valence-corrected chi connectivity index (χ3v) is 7.41. The summed E-state index contributed by atoms with van der Waals surface area (Å²) in [7, 11) is -3.09. The summed E-state index contributed by atoms with van der Waals surface area (Å²) in [6.45, 7) is 5.50. The van der Waals surface area contributed by atoms with Crippen LogP contribution < -0.4 is 5.32 Å². The normalized spacial score (nSPS) is 17.6. The van der Waals surface area contributed by atoms with Crippen LogP contribution in [0.25, 0.3) is 22.3 Å². The minimum atomic E-state index is -3.09. The number of hydrogen-bond acceptors (Lipinski definition) is 6. The molecule has 8 nitrogen and oxygen atoms in total. The van der Waals surface area contributed by atoms with Crippen molar-refractivity contribution in [3.05, 3.63) is 47.7 Å². The monoisotopic (exact) mass is 456 g/mol. The zero-order valence-corrected chi connectivity index (χ0v) is 19.2. The first-order valence-electron chi connectivity index (χ1n) is 10.9. The van der Waals surface area contributed by atoms with Gasteiger partial charge in [0.25, 0.3) is 5.91 Å². The summed E-state index contributed by atoms with van der Waals surface area (Å²) in [6, 6.07) is 11.1. The zero-order chi connectivity index (χ0) is 22.7. The number of benzene rings is 1. The highest BCUT2D eigenvalue weighted by Crippen LogP contribution is 2.32. The number of pyridine rings is 1. The van der Waals surface area contributed by atoms with Crippen LogP contribution in [-0.4, -0.2) is 60.4 Å². The Bertz CT molecular complexity index is 1220. The number of aromatic nitrogens is 3. The maximum absolute atomic E-state index is 13.1. The van der Waals surface area contributed by atoms with E-state index in [0.717, 1.165) is 12.0 Å². The summed E-state index contributed by atoms with van der Waals surface area (Å²) in [5, 5.41) is 8.26. The van der Waals surface area contributed by atoms with Crippen LogP contribution in [0.1, 0.15) is 41.9 Å². The van der Waals surface area contributed by atoms with Crippen molar-refractivity contribution >= 4 is 26.8 Å². The van der Waals surface area contributed by atoms with E-state index < -0.39 is 9.84 Å². The lowest BCUT2D eigenvalue weighted by Gasteiger charge is -2.12. The van der Waals surface area contributed by atoms with E-state index in [1.807, 2.05) is 44.2 Å². The SMILES string of the molecule is CCOCCCNC(=O)c1cc(-c2ccccc2)nc2c1c(C)nn2C1CCS(=O)(=O)C1. The van der Waals surface area contributed by atoms with Crippen molar-refractivity contribution in [2.45, 2.75) is 32.7 Å². The number of sulfone groups is 1. The number of amides is 1. The van der Waals surface area contributed by atoms with Gasteiger partial charge in [0, 0.05) is 25.3 Å². The Kier molecular flexibility index (Phi) is 6.57. The van der Waals surface area contributed by atoms with Crippen molar-refractivity contribution in [2.75, 3.05) is 31.3 Å². The number of fused-ring (bicyclic) bond motifs is 1. The van der Waals surface area contributed by atoms with E-state index in [2.05, 4.69) is 10.4 Å². The van der Waals surface area contributed by atoms with Gasteiger partial charge in [-0.3, -0.25) is 4.79 Å². The Balaban J connectivity index is 1.77. The molecule has 0 spiro atoms. The summed E-state index contributed by atoms with van der Waals surface area (Å²) in [5.74, 6) is -0.0176. The molecule has 0 radical (unpaired) electrons. The predicted octanol–water partition coefficient (Wildman–Crippen LogP) is 2.92. The molecule has 1 atom stereocenters. The Labute approximate surface area is 187 Å². The molecule has 1 fully saturated rings. The van der Waals surface area contributed by atoms with Crippen LogP contribution in [0.5, 0.6) is 0 Å². The number of carbonyl (C=O) groups is 1. The maximum atomic E-state index is 13.1. The van der Waals surface area contributed by atoms with Crippen molar-refractivity contribution in [3.8, 4) is 11.3 Å². The van der Waals surface area contributed by atoms with Crippen LogP contribution in [0.4, 0.5) is 0 Å². The topological polar surface area (TPSA) is 103 Å². The van der Waals surface area contributed by atoms with Gasteiger partial charge in [-0.1, -0.05) is 30.3 Å². The summed E-state index contributed by atoms with van der Waals surface area (Å²) < 4.78 is 31.2. The molecule has 1 saturated heterocycles. The fourth-order valence-electron chi connectivity index (χ4n) is 4.09. The first-order valence-corrected chi connectivity index (χ1v) is 12.7. The van der Waals surface area contributed by atoms with Crippen LogP contribution in [0.3, 0.4) is 0 Å². The molecular formula is C23H28N4O4S. The standard InChI is InChI=1S/C23H28N4O4S/c1-3-31-12-7-11-24-23(28)19-14-20(17-8-5-4-6-9-17)25-22-21(19)16(2)26-27(22)18-10-13-32(29,30)15-18/h4-6,8-9,14,18H,3,7,10-13,15H2,1-2H3,(H,24,28). The first-order chi connectivity index (χ1) is 15.4. The molecule has 4 rings (SSSR count). The molecule has 32 heavy (non-hydrogen) atoms. The Morgan fingerprint density at radius 1 is 1.28 bits per heavy atom. The van der Waals surface area contributed by atoms with Gasteiger partial charge in [0.05, 0.1) is 39.9 Å². The highest BCUT2D eigenvalue weighted by atomic mass is 32.2. The second-order valence-corrected chi connectivity index (χ2v) is 10.2. The van der Waals surface area contributed by atoms with Crippen LogP contribution in [0.15, 0.2) is 36.4 Å². The minimum Gasteiger partial charge on any atom is -0.382 e. The summed E-state index contributed by atoms with van der Waals surface area (Å²) in [4.78, 5) is 18.0. The lowest BCUT2D eigenvalue weighted by molar-refractivity contribution is 0.0945. The fourth-order valence-corrected chi connectivity index (χ4v) is 5.78. The van der Waals surface area contributed by atoms with Crippen molar-refractivity contribution < 1.29 is 17.9 Å². The predicted molar refractivity (Wildman–Crippen MR) is 123 cm³/mol. The second-order valence-electron chi connectivity index (χ2n) is 8.01. The van der Waals surface area contributed by atoms with E-state index in [-0.39, 0.29) is 23.5 Å². The molecule has 1 aliphatic rings. The van der Waals surface area contributed by atoms with Crippen LogP contribution in [0.2, 0.25) is 0 Å². The lowest BCUT2D eigenvalue weighted by Crippen LogP contribution is -2.25. The Hall–Kier alpha value is -2.78. The van der Waals surface area contributed by atoms with E-state index in [1.165, 1.54) is 0 Å². The van der Waals surface area contributed by atoms with Gasteiger partial charge in [-0.15, -0.1) is 0 Å². The van der Waals surface area contributed by atoms with E-state index in [4.69, 9.17) is 9.72 Å². The van der Waals surface area contributed by atoms with E-state index >= 15 is 0 Å². The van der Waals surface area contributed by atoms with E-state index in [9.17, 15) is 13.2 Å². The quantitative estimate of drug-likeness (QED) is 0.523. The van der Waals surface area contributed by atoms with Crippen molar-refractivity contribution in [2.24, 2.45) is 0 Å². The third-order valence-electron chi connectivity index (χ3n) is 5.66. The molecule has 1 amide bonds. The molecule has 1 aromatic carbocycles. The molecular weight excluding hydrogens is 428 g/mol. The van der Waals surface area contributed by atoms with Gasteiger partial charge in [-0.2, -0.15) is 5.10 Å². The molecule has 0 bridgehead atoms. The Morgan fingerprint density at radius 3 is 2.75 bits per heavy atom. The summed E-state index contributed by atoms with van der Waals surface area (Å²) in [6.07, 6.45) is 1.21. The average Bonchev–Trinajstić information content (AvgIpc) is 3.32. The first kappa shape index (κ1) is 22.4. The van der Waals surface area contributed by atoms with Crippen LogP contribution in [-0.2, 0) is 14.6 Å². The largest absolute Gasteiger partial charge is 0.382 e. The Morgan fingerprint density at radius 2 is 2.06 bits per heavy atom. The number of ether oxygens (including phenoxy) is 1. The van der Waals surface area contributed by atoms with Gasteiger partial charge in [-0.25, -0.2) is 18.1 Å². The number of nitrogens with zero attached hydrogens (tertiary/aromatic N) is 3. The molecule has 3 heterocycles. The van der Waals surface area contributed by atoms with Crippen LogP contribution in [0, 0.1) is 6.92 Å². The van der Waals surface area contributed by atoms with Gasteiger partial charge < -0.3 is 10.1 Å². The number of carbonyl (C=O) groups excluding carboxylic acids is 1. The lowest BCUT2D eigenvalue weighted by atomic mass is 10.0. The number of hydrogen-bond donors (Lipinski definition) is 1. The van der Waals surface area contributed by atoms with Crippen molar-refractivity contribution in [1.82, 2.24) is 20.1 Å². The molecule has 9 heteroatoms. The highest BCUT2D eigenvalue weighted by Gasteiger charge is 2.32. The molecule has 1 aliphatic heterocycles. The van der Waals surface area contributed by atoms with E-state index in [1.54, 1.807) is 10.7 Å². The van der Waals surface area contributed by atoms with Gasteiger partial charge in [0.15, 0.2) is 15.5 Å². The molecule has 3 aromatic rings. The van der Waals surface area contributed by atoms with Gasteiger partial charge >= 0.3 is 0 Å². The van der Waals surface area contributed by atoms with Crippen molar-refractivity contribution in [1.29, 1.82) is 0 Å². The number of aryl methyl sites for hydroxylation is 1. The molecule has 0 saturated carbocycles. The second kappa shape index (κ2) is 9.38. The van der Waals surface area contributed by atoms with Crippen LogP contribution >= 0.6 is 0 Å². The molecule has 2 aromatic heterocycles. The highest BCUT2D eigenvalue weighted by molar-refractivity contribution is 7.91. The number of nitrogens with one attached hydrogen (secondary N) is 1. The molecule has 1 unspecified atom stereocenters. The zero-order valence-electron chi connectivity index (χ0n) is 18.4. The third kappa shape index (κ3) is 4.68. The molecule has 0 aliphatic carbocycles. The van der Waals surface area contributed by atoms with E-state index in [0.29, 0.717) is 54.2 Å². The maximum Gasteiger partial charge on any atom is 0.252 e. The van der Waals surface area contributed by atoms with Gasteiger partial charge in [0.1, 0.15) is 0 Å². The van der Waals surface area contributed by atoms with Gasteiger partial charge in [-0.05, 0) is 32.8 Å². The summed E-state index contributed by atoms with van der Waals surface area (Å²) in [5.41, 5.74) is 3.24. The molecule has 170 valence electrons. The smallest absolute Gasteiger partial charge is 0.252 e. The van der Waals surface area contributed by atoms with Crippen molar-refractivity contribution in [3.63, 3.8) is 0 Å². The van der Waals surface area contributed by atoms with Gasteiger partial charge in [0.2, 0.25) is 0 Å². The fraction of sp³-hybridized carbons (Fsp3) is 0.435. The summed E-state index contributed by atoms with van der Waals surface area (Å²) >= 11 is 0. The molecule has 1 N–H and O–H groups in total. The average molecular weight is 457 g/mol. The number of rotatable bonds is 8.